The lowest BCUT2D eigenvalue weighted by Gasteiger charge is -2.16. The maximum Gasteiger partial charge on any atom is 0.509 e. The van der Waals surface area contributed by atoms with Crippen molar-refractivity contribution in [1.82, 2.24) is 0 Å². The molecule has 0 fully saturated rings. The van der Waals surface area contributed by atoms with Crippen LogP contribution in [0.4, 0.5) is 21.7 Å². The molecule has 14 heavy (non-hydrogen) atoms. The number of benzene rings is 1. The highest BCUT2D eigenvalue weighted by atomic mass is 19.4. The van der Waals surface area contributed by atoms with Crippen LogP contribution in [0, 0.1) is 6.92 Å². The number of aryl methyl sites for hydroxylation is 1. The Kier molecular flexibility index (Phi) is 2.82. The van der Waals surface area contributed by atoms with Crippen LogP contribution in [0.1, 0.15) is 17.6 Å². The molecule has 0 spiro atoms. The first-order valence-electron chi connectivity index (χ1n) is 3.90. The zero-order valence-corrected chi connectivity index (χ0v) is 7.28. The van der Waals surface area contributed by atoms with Gasteiger partial charge in [0.05, 0.1) is 0 Å². The number of hydrogen-bond donors (Lipinski definition) is 0. The molecular weight excluding hydrogens is 202 g/mol. The summed E-state index contributed by atoms with van der Waals surface area (Å²) in [5.74, 6) is 0. The van der Waals surface area contributed by atoms with Crippen molar-refractivity contribution in [3.63, 3.8) is 0 Å². The quantitative estimate of drug-likeness (QED) is 0.518. The molecule has 0 saturated carbocycles. The van der Waals surface area contributed by atoms with Gasteiger partial charge in [-0.25, -0.2) is 8.78 Å². The lowest BCUT2D eigenvalue weighted by molar-refractivity contribution is 0.151. The topological polar surface area (TPSA) is 0 Å². The average Bonchev–Trinajstić information content (AvgIpc) is 2.01. The largest absolute Gasteiger partial charge is 0.509 e. The maximum atomic E-state index is 12.2. The van der Waals surface area contributed by atoms with Gasteiger partial charge < -0.3 is 12.9 Å². The van der Waals surface area contributed by atoms with Crippen molar-refractivity contribution < 1.29 is 21.7 Å². The first-order valence-corrected chi connectivity index (χ1v) is 3.90. The smallest absolute Gasteiger partial charge is 0.445 e. The van der Waals surface area contributed by atoms with Crippen LogP contribution < -0.4 is 5.46 Å². The summed E-state index contributed by atoms with van der Waals surface area (Å²) in [4.78, 5) is 0. The fraction of sp³-hybridized carbons (Fsp3) is 0.250. The van der Waals surface area contributed by atoms with E-state index in [0.717, 1.165) is 12.1 Å². The number of alkyl halides is 2. The predicted molar refractivity (Wildman–Crippen MR) is 44.8 cm³/mol. The van der Waals surface area contributed by atoms with E-state index in [9.17, 15) is 21.7 Å². The van der Waals surface area contributed by atoms with E-state index in [0.29, 0.717) is 6.07 Å². The highest BCUT2D eigenvalue weighted by molar-refractivity contribution is 6.73. The van der Waals surface area contributed by atoms with Gasteiger partial charge in [0.2, 0.25) is 0 Å². The van der Waals surface area contributed by atoms with Gasteiger partial charge in [0.1, 0.15) is 0 Å². The third-order valence-electron chi connectivity index (χ3n) is 1.75. The molecule has 0 unspecified atom stereocenters. The first-order chi connectivity index (χ1) is 6.30. The summed E-state index contributed by atoms with van der Waals surface area (Å²) in [5, 5.41) is 0. The highest BCUT2D eigenvalue weighted by Crippen LogP contribution is 2.20. The molecule has 0 aliphatic heterocycles. The standard InChI is InChI=1S/C8H7BF5/c1-5-2-6(8(10)11)4-7(3-5)9(12,13)14/h2-4,8H,1H3/q-1. The van der Waals surface area contributed by atoms with E-state index < -0.39 is 24.4 Å². The van der Waals surface area contributed by atoms with Crippen LogP contribution in [0.3, 0.4) is 0 Å². The van der Waals surface area contributed by atoms with E-state index in [-0.39, 0.29) is 5.56 Å². The van der Waals surface area contributed by atoms with Gasteiger partial charge in [-0.1, -0.05) is 23.8 Å². The number of hydrogen-bond acceptors (Lipinski definition) is 0. The lowest BCUT2D eigenvalue weighted by atomic mass is 9.78. The lowest BCUT2D eigenvalue weighted by Crippen LogP contribution is -2.34. The molecule has 0 bridgehead atoms. The molecule has 0 heterocycles. The SMILES string of the molecule is Cc1cc(C(F)F)cc([B-](F)(F)F)c1. The van der Waals surface area contributed by atoms with Crippen molar-refractivity contribution in [1.29, 1.82) is 0 Å². The second-order valence-electron chi connectivity index (χ2n) is 3.05. The van der Waals surface area contributed by atoms with Gasteiger partial charge in [-0.15, -0.1) is 5.46 Å². The fourth-order valence-corrected chi connectivity index (χ4v) is 1.16. The van der Waals surface area contributed by atoms with Gasteiger partial charge in [0.15, 0.2) is 0 Å². The molecular formula is C8H7BF5-. The Balaban J connectivity index is 3.21. The van der Waals surface area contributed by atoms with Crippen molar-refractivity contribution in [3.8, 4) is 0 Å². The van der Waals surface area contributed by atoms with Crippen molar-refractivity contribution in [2.75, 3.05) is 0 Å². The molecule has 1 aromatic rings. The molecule has 78 valence electrons. The molecule has 1 aromatic carbocycles. The van der Waals surface area contributed by atoms with E-state index in [1.54, 1.807) is 0 Å². The summed E-state index contributed by atoms with van der Waals surface area (Å²) in [6, 6.07) is 2.42. The number of rotatable bonds is 2. The van der Waals surface area contributed by atoms with Crippen LogP contribution in [-0.2, 0) is 0 Å². The van der Waals surface area contributed by atoms with Crippen LogP contribution in [0.15, 0.2) is 18.2 Å². The third-order valence-corrected chi connectivity index (χ3v) is 1.75. The van der Waals surface area contributed by atoms with Crippen molar-refractivity contribution >= 4 is 12.4 Å². The normalized spacial score (nSPS) is 12.2. The zero-order valence-electron chi connectivity index (χ0n) is 7.28. The molecule has 0 nitrogen and oxygen atoms in total. The molecule has 6 heteroatoms. The monoisotopic (exact) mass is 209 g/mol. The molecule has 0 radical (unpaired) electrons. The van der Waals surface area contributed by atoms with E-state index in [2.05, 4.69) is 0 Å². The minimum atomic E-state index is -5.20. The molecule has 0 aliphatic carbocycles. The minimum Gasteiger partial charge on any atom is -0.445 e. The Morgan fingerprint density at radius 2 is 1.64 bits per heavy atom. The van der Waals surface area contributed by atoms with Gasteiger partial charge in [-0.3, -0.25) is 0 Å². The predicted octanol–water partition coefficient (Wildman–Crippen LogP) is 2.99. The van der Waals surface area contributed by atoms with E-state index in [1.807, 2.05) is 0 Å². The van der Waals surface area contributed by atoms with Crippen LogP contribution in [-0.4, -0.2) is 6.98 Å². The Labute approximate surface area is 77.8 Å². The summed E-state index contributed by atoms with van der Waals surface area (Å²) < 4.78 is 61.0. The summed E-state index contributed by atoms with van der Waals surface area (Å²) in [5.41, 5.74) is -1.36. The Hall–Kier alpha value is -1.07. The Bertz CT molecular complexity index is 331. The zero-order chi connectivity index (χ0) is 10.9. The summed E-state index contributed by atoms with van der Waals surface area (Å²) >= 11 is 0. The van der Waals surface area contributed by atoms with Gasteiger partial charge in [0, 0.05) is 5.56 Å². The second-order valence-corrected chi connectivity index (χ2v) is 3.05. The third kappa shape index (κ3) is 2.46. The Morgan fingerprint density at radius 3 is 2.07 bits per heavy atom. The first kappa shape index (κ1) is 11.0. The Morgan fingerprint density at radius 1 is 1.07 bits per heavy atom. The summed E-state index contributed by atoms with van der Waals surface area (Å²) in [6.07, 6.45) is -2.87. The van der Waals surface area contributed by atoms with Crippen LogP contribution >= 0.6 is 0 Å². The molecule has 0 aromatic heterocycles. The van der Waals surface area contributed by atoms with Crippen LogP contribution in [0.5, 0.6) is 0 Å². The van der Waals surface area contributed by atoms with Crippen molar-refractivity contribution in [3.05, 3.63) is 29.3 Å². The van der Waals surface area contributed by atoms with Crippen LogP contribution in [0.25, 0.3) is 0 Å². The average molecular weight is 209 g/mol. The van der Waals surface area contributed by atoms with Gasteiger partial charge in [-0.2, -0.15) is 0 Å². The highest BCUT2D eigenvalue weighted by Gasteiger charge is 2.26. The van der Waals surface area contributed by atoms with Gasteiger partial charge >= 0.3 is 6.98 Å². The van der Waals surface area contributed by atoms with Crippen LogP contribution in [0.2, 0.25) is 0 Å². The number of halogens is 5. The molecule has 1 rings (SSSR count). The summed E-state index contributed by atoms with van der Waals surface area (Å²) in [6.45, 7) is -3.85. The molecule has 0 atom stereocenters. The second kappa shape index (κ2) is 3.59. The van der Waals surface area contributed by atoms with Gasteiger partial charge in [0.25, 0.3) is 6.43 Å². The van der Waals surface area contributed by atoms with E-state index in [1.165, 1.54) is 6.92 Å². The molecule has 0 N–H and O–H groups in total. The van der Waals surface area contributed by atoms with E-state index in [4.69, 9.17) is 0 Å². The molecule has 0 aliphatic rings. The molecule has 0 amide bonds. The van der Waals surface area contributed by atoms with Crippen molar-refractivity contribution in [2.45, 2.75) is 13.3 Å². The minimum absolute atomic E-state index is 0.192. The van der Waals surface area contributed by atoms with Gasteiger partial charge in [-0.05, 0) is 6.92 Å². The van der Waals surface area contributed by atoms with E-state index >= 15 is 0 Å². The maximum absolute atomic E-state index is 12.2. The molecule has 0 saturated heterocycles. The summed E-state index contributed by atoms with van der Waals surface area (Å²) in [7, 11) is 0. The van der Waals surface area contributed by atoms with Crippen molar-refractivity contribution in [2.24, 2.45) is 0 Å². The fourth-order valence-electron chi connectivity index (χ4n) is 1.16.